The molecule has 0 unspecified atom stereocenters. The van der Waals surface area contributed by atoms with E-state index < -0.39 is 5.60 Å². The molecule has 1 amide bonds. The zero-order valence-electron chi connectivity index (χ0n) is 42.7. The zero-order valence-corrected chi connectivity index (χ0v) is 44.2. The molecule has 6 aromatic rings. The number of aryl methyl sites for hydroxylation is 2. The standard InChI is InChI=1S/C31H38ClN3O5.C26H30ClN3O3/c1-21-5-7-24-25(32)19-29(36)34(26(24)17-21)14-13-33-11-9-23(10-12-33)35(30(37)40-31(2,3)4)20-22-6-8-27-28(18-22)39-16-15-38-27;1-18-2-4-21-22(27)16-26(31)30(23(21)14-18)11-10-29-8-6-20(7-9-29)28-17-19-3-5-24-25(15-19)33-13-12-32-24/h5-8,17-19,23H,9-16,20H2,1-4H3;2-5,14-16,20,28H,6-13,17H2,1H3. The minimum atomic E-state index is -0.587. The third kappa shape index (κ3) is 13.1. The van der Waals surface area contributed by atoms with E-state index in [0.29, 0.717) is 67.9 Å². The Labute approximate surface area is 437 Å². The molecule has 0 saturated carbocycles. The van der Waals surface area contributed by atoms with E-state index in [0.717, 1.165) is 127 Å². The molecule has 0 spiro atoms. The van der Waals surface area contributed by atoms with Crippen LogP contribution in [0.15, 0.2) is 94.5 Å². The van der Waals surface area contributed by atoms with Crippen molar-refractivity contribution in [3.05, 3.63) is 138 Å². The summed E-state index contributed by atoms with van der Waals surface area (Å²) in [5.74, 6) is 3.12. The number of hydrogen-bond acceptors (Lipinski definition) is 11. The van der Waals surface area contributed by atoms with Gasteiger partial charge < -0.3 is 52.8 Å². The number of halogens is 2. The highest BCUT2D eigenvalue weighted by Crippen LogP contribution is 2.33. The lowest BCUT2D eigenvalue weighted by molar-refractivity contribution is 0.00562. The van der Waals surface area contributed by atoms with Crippen LogP contribution in [0, 0.1) is 13.8 Å². The van der Waals surface area contributed by atoms with Crippen LogP contribution >= 0.6 is 23.2 Å². The van der Waals surface area contributed by atoms with Gasteiger partial charge in [0.2, 0.25) is 0 Å². The molecule has 0 atom stereocenters. The van der Waals surface area contributed by atoms with Gasteiger partial charge in [0.15, 0.2) is 23.0 Å². The van der Waals surface area contributed by atoms with Gasteiger partial charge in [-0.1, -0.05) is 59.6 Å². The fourth-order valence-corrected chi connectivity index (χ4v) is 10.7. The molecule has 4 aromatic carbocycles. The summed E-state index contributed by atoms with van der Waals surface area (Å²) in [5.41, 5.74) is 5.48. The minimum Gasteiger partial charge on any atom is -0.486 e. The first-order valence-corrected chi connectivity index (χ1v) is 26.4. The number of fused-ring (bicyclic) bond motifs is 4. The Morgan fingerprint density at radius 3 is 1.59 bits per heavy atom. The van der Waals surface area contributed by atoms with Gasteiger partial charge in [-0.15, -0.1) is 0 Å². The Bertz CT molecular complexity index is 3050. The third-order valence-corrected chi connectivity index (χ3v) is 14.7. The molecule has 14 nitrogen and oxygen atoms in total. The maximum absolute atomic E-state index is 13.3. The molecule has 0 aliphatic carbocycles. The van der Waals surface area contributed by atoms with Gasteiger partial charge in [-0.3, -0.25) is 9.59 Å². The molecule has 73 heavy (non-hydrogen) atoms. The van der Waals surface area contributed by atoms with Gasteiger partial charge >= 0.3 is 6.09 Å². The number of pyridine rings is 2. The Hall–Kier alpha value is -5.77. The molecule has 2 fully saturated rings. The smallest absolute Gasteiger partial charge is 0.410 e. The maximum Gasteiger partial charge on any atom is 0.410 e. The number of ether oxygens (including phenoxy) is 5. The lowest BCUT2D eigenvalue weighted by atomic mass is 10.0. The largest absolute Gasteiger partial charge is 0.486 e. The normalized spacial score (nSPS) is 16.5. The molecule has 388 valence electrons. The molecule has 2 saturated heterocycles. The van der Waals surface area contributed by atoms with Crippen LogP contribution in [0.1, 0.15) is 68.7 Å². The van der Waals surface area contributed by atoms with Crippen LogP contribution in [0.4, 0.5) is 4.79 Å². The first kappa shape index (κ1) is 52.1. The number of carbonyl (C=O) groups is 1. The van der Waals surface area contributed by atoms with Gasteiger partial charge in [-0.2, -0.15) is 0 Å². The summed E-state index contributed by atoms with van der Waals surface area (Å²) in [6.07, 6.45) is 3.52. The van der Waals surface area contributed by atoms with Crippen molar-refractivity contribution in [1.29, 1.82) is 0 Å². The second-order valence-corrected chi connectivity index (χ2v) is 21.5. The molecule has 4 aliphatic heterocycles. The number of nitrogens with zero attached hydrogens (tertiary/aromatic N) is 5. The summed E-state index contributed by atoms with van der Waals surface area (Å²) in [5, 5.41) is 6.52. The average molecular weight is 1040 g/mol. The van der Waals surface area contributed by atoms with E-state index in [-0.39, 0.29) is 23.3 Å². The highest BCUT2D eigenvalue weighted by molar-refractivity contribution is 6.35. The Morgan fingerprint density at radius 1 is 0.616 bits per heavy atom. The third-order valence-electron chi connectivity index (χ3n) is 14.1. The van der Waals surface area contributed by atoms with Crippen LogP contribution < -0.4 is 35.4 Å². The average Bonchev–Trinajstić information content (AvgIpc) is 3.37. The molecule has 10 rings (SSSR count). The van der Waals surface area contributed by atoms with Crippen molar-refractivity contribution in [3.8, 4) is 23.0 Å². The van der Waals surface area contributed by atoms with Crippen molar-refractivity contribution in [1.82, 2.24) is 29.2 Å². The Balaban J connectivity index is 0.000000183. The fourth-order valence-electron chi connectivity index (χ4n) is 10.2. The van der Waals surface area contributed by atoms with Crippen LogP contribution in [-0.4, -0.2) is 113 Å². The van der Waals surface area contributed by atoms with E-state index in [1.165, 1.54) is 17.7 Å². The predicted molar refractivity (Wildman–Crippen MR) is 288 cm³/mol. The zero-order chi connectivity index (χ0) is 51.2. The molecular weight excluding hydrogens is 968 g/mol. The molecule has 16 heteroatoms. The topological polar surface area (TPSA) is 129 Å². The summed E-state index contributed by atoms with van der Waals surface area (Å²) in [4.78, 5) is 45.5. The molecule has 0 radical (unpaired) electrons. The van der Waals surface area contributed by atoms with Crippen molar-refractivity contribution < 1.29 is 28.5 Å². The summed E-state index contributed by atoms with van der Waals surface area (Å²) in [6.45, 7) is 19.8. The lowest BCUT2D eigenvalue weighted by Crippen LogP contribution is -2.49. The van der Waals surface area contributed by atoms with E-state index in [9.17, 15) is 14.4 Å². The van der Waals surface area contributed by atoms with Crippen molar-refractivity contribution >= 4 is 51.1 Å². The first-order chi connectivity index (χ1) is 35.1. The van der Waals surface area contributed by atoms with Crippen LogP contribution in [0.25, 0.3) is 21.8 Å². The summed E-state index contributed by atoms with van der Waals surface area (Å²) in [6, 6.07) is 27.7. The minimum absolute atomic E-state index is 0.0333. The molecular formula is C57H68Cl2N6O8. The van der Waals surface area contributed by atoms with Gasteiger partial charge in [0.25, 0.3) is 11.1 Å². The molecule has 0 bridgehead atoms. The predicted octanol–water partition coefficient (Wildman–Crippen LogP) is 9.62. The number of carbonyl (C=O) groups excluding carboxylic acids is 1. The monoisotopic (exact) mass is 1030 g/mol. The lowest BCUT2D eigenvalue weighted by Gasteiger charge is -2.39. The van der Waals surface area contributed by atoms with Crippen molar-refractivity contribution in [3.63, 3.8) is 0 Å². The first-order valence-electron chi connectivity index (χ1n) is 25.7. The van der Waals surface area contributed by atoms with E-state index in [1.54, 1.807) is 0 Å². The Kier molecular flexibility index (Phi) is 16.6. The second kappa shape index (κ2) is 23.2. The quantitative estimate of drug-likeness (QED) is 0.126. The second-order valence-electron chi connectivity index (χ2n) is 20.6. The van der Waals surface area contributed by atoms with Gasteiger partial charge in [-0.05, 0) is 132 Å². The molecule has 1 N–H and O–H groups in total. The van der Waals surface area contributed by atoms with E-state index in [1.807, 2.05) is 103 Å². The number of amides is 1. The number of hydrogen-bond donors (Lipinski definition) is 1. The van der Waals surface area contributed by atoms with Gasteiger partial charge in [0.1, 0.15) is 32.0 Å². The number of benzene rings is 4. The van der Waals surface area contributed by atoms with Crippen molar-refractivity contribution in [2.75, 3.05) is 65.7 Å². The summed E-state index contributed by atoms with van der Waals surface area (Å²) >= 11 is 12.7. The number of aromatic nitrogens is 2. The van der Waals surface area contributed by atoms with Gasteiger partial charge in [0.05, 0.1) is 21.1 Å². The number of rotatable bonds is 12. The van der Waals surface area contributed by atoms with Crippen molar-refractivity contribution in [2.24, 2.45) is 0 Å². The number of likely N-dealkylation sites (tertiary alicyclic amines) is 2. The number of piperidine rings is 2. The highest BCUT2D eigenvalue weighted by atomic mass is 35.5. The highest BCUT2D eigenvalue weighted by Gasteiger charge is 2.32. The fraction of sp³-hybridized carbons (Fsp3) is 0.456. The van der Waals surface area contributed by atoms with Crippen molar-refractivity contribution in [2.45, 2.75) is 104 Å². The van der Waals surface area contributed by atoms with Crippen LogP contribution in [0.3, 0.4) is 0 Å². The van der Waals surface area contributed by atoms with E-state index in [2.05, 4.69) is 33.3 Å². The maximum atomic E-state index is 13.3. The molecule has 6 heterocycles. The van der Waals surface area contributed by atoms with Crippen LogP contribution in [0.2, 0.25) is 10.0 Å². The summed E-state index contributed by atoms with van der Waals surface area (Å²) < 4.78 is 32.2. The Morgan fingerprint density at radius 2 is 1.08 bits per heavy atom. The summed E-state index contributed by atoms with van der Waals surface area (Å²) in [7, 11) is 0. The van der Waals surface area contributed by atoms with E-state index >= 15 is 0 Å². The number of nitrogens with one attached hydrogen (secondary N) is 1. The van der Waals surface area contributed by atoms with E-state index in [4.69, 9.17) is 46.9 Å². The van der Waals surface area contributed by atoms with Crippen LogP contribution in [-0.2, 0) is 30.9 Å². The molecule has 2 aromatic heterocycles. The van der Waals surface area contributed by atoms with Gasteiger partial charge in [-0.25, -0.2) is 4.79 Å². The SMILES string of the molecule is Cc1ccc2c(Cl)cc(=O)n(CCN3CCC(N(Cc4ccc5c(c4)OCCO5)C(=O)OC(C)(C)C)CC3)c2c1.Cc1ccc2c(Cl)cc(=O)n(CCN3CCC(NCc4ccc5c(c4)OCCO5)CC3)c2c1. The van der Waals surface area contributed by atoms with Gasteiger partial charge in [0, 0.05) is 87.3 Å². The molecule has 4 aliphatic rings. The van der Waals surface area contributed by atoms with Crippen LogP contribution in [0.5, 0.6) is 23.0 Å².